The molecule has 17 heavy (non-hydrogen) atoms. The van der Waals surface area contributed by atoms with Gasteiger partial charge in [0.15, 0.2) is 0 Å². The van der Waals surface area contributed by atoms with Gasteiger partial charge in [-0.3, -0.25) is 4.79 Å². The molecule has 0 fully saturated rings. The lowest BCUT2D eigenvalue weighted by molar-refractivity contribution is 0.182. The van der Waals surface area contributed by atoms with Crippen LogP contribution in [-0.4, -0.2) is 29.5 Å². The Balaban J connectivity index is 2.95. The summed E-state index contributed by atoms with van der Waals surface area (Å²) in [4.78, 5) is 11.8. The van der Waals surface area contributed by atoms with Crippen LogP contribution in [-0.2, 0) is 11.3 Å². The summed E-state index contributed by atoms with van der Waals surface area (Å²) < 4.78 is 6.12. The second-order valence-electron chi connectivity index (χ2n) is 3.43. The van der Waals surface area contributed by atoms with Crippen molar-refractivity contribution in [3.63, 3.8) is 0 Å². The van der Waals surface area contributed by atoms with Crippen molar-refractivity contribution in [3.8, 4) is 12.3 Å². The van der Waals surface area contributed by atoms with Crippen LogP contribution >= 0.6 is 11.6 Å². The number of methoxy groups -OCH3 is 1. The van der Waals surface area contributed by atoms with E-state index in [2.05, 4.69) is 16.3 Å². The number of nitrogens with one attached hydrogen (secondary N) is 1. The molecule has 0 spiro atoms. The SMILES string of the molecule is C#CC(C)Nc1cnn(CCOC)c(=O)c1Cl. The van der Waals surface area contributed by atoms with Crippen LogP contribution in [0.4, 0.5) is 5.69 Å². The summed E-state index contributed by atoms with van der Waals surface area (Å²) in [6.45, 7) is 2.55. The Hall–Kier alpha value is -1.51. The van der Waals surface area contributed by atoms with Crippen molar-refractivity contribution >= 4 is 17.3 Å². The van der Waals surface area contributed by atoms with E-state index >= 15 is 0 Å². The maximum atomic E-state index is 11.8. The van der Waals surface area contributed by atoms with Crippen molar-refractivity contribution in [2.24, 2.45) is 0 Å². The van der Waals surface area contributed by atoms with Crippen molar-refractivity contribution in [3.05, 3.63) is 21.6 Å². The maximum absolute atomic E-state index is 11.8. The molecule has 1 heterocycles. The standard InChI is InChI=1S/C11H14ClN3O2/c1-4-8(2)14-9-7-13-15(5-6-17-3)11(16)10(9)12/h1,7-8,14H,5-6H2,2-3H3. The zero-order valence-electron chi connectivity index (χ0n) is 9.74. The number of anilines is 1. The highest BCUT2D eigenvalue weighted by Gasteiger charge is 2.10. The second kappa shape index (κ2) is 6.28. The average molecular weight is 256 g/mol. The molecule has 0 bridgehead atoms. The van der Waals surface area contributed by atoms with Gasteiger partial charge >= 0.3 is 0 Å². The molecule has 6 heteroatoms. The number of rotatable bonds is 5. The van der Waals surface area contributed by atoms with E-state index < -0.39 is 0 Å². The smallest absolute Gasteiger partial charge is 0.287 e. The quantitative estimate of drug-likeness (QED) is 0.797. The van der Waals surface area contributed by atoms with Gasteiger partial charge in [0.1, 0.15) is 5.02 Å². The van der Waals surface area contributed by atoms with Gasteiger partial charge in [0.2, 0.25) is 0 Å². The highest BCUT2D eigenvalue weighted by Crippen LogP contribution is 2.15. The number of hydrogen-bond donors (Lipinski definition) is 1. The van der Waals surface area contributed by atoms with Crippen LogP contribution in [0.25, 0.3) is 0 Å². The van der Waals surface area contributed by atoms with Crippen LogP contribution < -0.4 is 10.9 Å². The minimum absolute atomic E-state index is 0.0817. The highest BCUT2D eigenvalue weighted by atomic mass is 35.5. The molecule has 1 aromatic heterocycles. The number of hydrogen-bond acceptors (Lipinski definition) is 4. The van der Waals surface area contributed by atoms with Gasteiger partial charge in [0.25, 0.3) is 5.56 Å². The van der Waals surface area contributed by atoms with Gasteiger partial charge in [-0.15, -0.1) is 6.42 Å². The summed E-state index contributed by atoms with van der Waals surface area (Å²) in [5, 5.41) is 6.96. The zero-order valence-corrected chi connectivity index (χ0v) is 10.5. The first kappa shape index (κ1) is 13.6. The van der Waals surface area contributed by atoms with Crippen molar-refractivity contribution in [1.29, 1.82) is 0 Å². The van der Waals surface area contributed by atoms with Gasteiger partial charge in [0.05, 0.1) is 31.1 Å². The summed E-state index contributed by atoms with van der Waals surface area (Å²) in [7, 11) is 1.55. The van der Waals surface area contributed by atoms with Crippen LogP contribution in [0.2, 0.25) is 5.02 Å². The van der Waals surface area contributed by atoms with Crippen molar-refractivity contribution in [2.45, 2.75) is 19.5 Å². The fourth-order valence-electron chi connectivity index (χ4n) is 1.18. The molecular weight excluding hydrogens is 242 g/mol. The molecule has 0 aliphatic carbocycles. The highest BCUT2D eigenvalue weighted by molar-refractivity contribution is 6.32. The number of halogens is 1. The lowest BCUT2D eigenvalue weighted by Gasteiger charge is -2.11. The van der Waals surface area contributed by atoms with Gasteiger partial charge in [-0.2, -0.15) is 5.10 Å². The van der Waals surface area contributed by atoms with Crippen LogP contribution in [0.3, 0.4) is 0 Å². The summed E-state index contributed by atoms with van der Waals surface area (Å²) in [5.74, 6) is 2.48. The summed E-state index contributed by atoms with van der Waals surface area (Å²) >= 11 is 5.93. The van der Waals surface area contributed by atoms with Crippen LogP contribution in [0.5, 0.6) is 0 Å². The first-order valence-corrected chi connectivity index (χ1v) is 5.45. The maximum Gasteiger partial charge on any atom is 0.287 e. The monoisotopic (exact) mass is 255 g/mol. The van der Waals surface area contributed by atoms with Crippen LogP contribution in [0.1, 0.15) is 6.92 Å². The van der Waals surface area contributed by atoms with E-state index in [1.54, 1.807) is 14.0 Å². The Morgan fingerprint density at radius 3 is 3.06 bits per heavy atom. The van der Waals surface area contributed by atoms with Gasteiger partial charge in [0, 0.05) is 7.11 Å². The van der Waals surface area contributed by atoms with Crippen LogP contribution in [0.15, 0.2) is 11.0 Å². The summed E-state index contributed by atoms with van der Waals surface area (Å²) in [6.07, 6.45) is 6.71. The predicted molar refractivity (Wildman–Crippen MR) is 67.3 cm³/mol. The van der Waals surface area contributed by atoms with Crippen molar-refractivity contribution < 1.29 is 4.74 Å². The number of aromatic nitrogens is 2. The van der Waals surface area contributed by atoms with Gasteiger partial charge < -0.3 is 10.1 Å². The average Bonchev–Trinajstić information content (AvgIpc) is 2.34. The normalized spacial score (nSPS) is 11.9. The largest absolute Gasteiger partial charge is 0.383 e. The second-order valence-corrected chi connectivity index (χ2v) is 3.80. The predicted octanol–water partition coefficient (Wildman–Crippen LogP) is 0.977. The Bertz CT molecular complexity index is 479. The van der Waals surface area contributed by atoms with E-state index in [9.17, 15) is 4.79 Å². The lowest BCUT2D eigenvalue weighted by Crippen LogP contribution is -2.27. The Morgan fingerprint density at radius 1 is 1.76 bits per heavy atom. The first-order chi connectivity index (χ1) is 8.10. The molecule has 5 nitrogen and oxygen atoms in total. The number of terminal acetylenes is 1. The number of ether oxygens (including phenoxy) is 1. The third-order valence-electron chi connectivity index (χ3n) is 2.11. The summed E-state index contributed by atoms with van der Waals surface area (Å²) in [5.41, 5.74) is 0.0775. The minimum atomic E-state index is -0.363. The van der Waals surface area contributed by atoms with Crippen molar-refractivity contribution in [1.82, 2.24) is 9.78 Å². The zero-order chi connectivity index (χ0) is 12.8. The molecule has 92 valence electrons. The third kappa shape index (κ3) is 3.48. The molecule has 0 radical (unpaired) electrons. The lowest BCUT2D eigenvalue weighted by atomic mass is 10.3. The topological polar surface area (TPSA) is 56.1 Å². The number of nitrogens with zero attached hydrogens (tertiary/aromatic N) is 2. The summed E-state index contributed by atoms with van der Waals surface area (Å²) in [6, 6.07) is -0.219. The molecule has 0 aliphatic rings. The fraction of sp³-hybridized carbons (Fsp3) is 0.455. The Kier molecular flexibility index (Phi) is 5.01. The van der Waals surface area contributed by atoms with E-state index in [1.165, 1.54) is 10.9 Å². The van der Waals surface area contributed by atoms with E-state index in [0.29, 0.717) is 18.8 Å². The van der Waals surface area contributed by atoms with Gasteiger partial charge in [-0.25, -0.2) is 4.68 Å². The molecule has 1 rings (SSSR count). The van der Waals surface area contributed by atoms with Gasteiger partial charge in [-0.1, -0.05) is 17.5 Å². The van der Waals surface area contributed by atoms with Crippen LogP contribution in [0, 0.1) is 12.3 Å². The van der Waals surface area contributed by atoms with Gasteiger partial charge in [-0.05, 0) is 6.92 Å². The molecule has 1 N–H and O–H groups in total. The Morgan fingerprint density at radius 2 is 2.47 bits per heavy atom. The molecule has 1 atom stereocenters. The first-order valence-electron chi connectivity index (χ1n) is 5.07. The van der Waals surface area contributed by atoms with E-state index in [0.717, 1.165) is 0 Å². The third-order valence-corrected chi connectivity index (χ3v) is 2.48. The van der Waals surface area contributed by atoms with E-state index in [1.807, 2.05) is 0 Å². The molecule has 0 amide bonds. The molecule has 1 unspecified atom stereocenters. The van der Waals surface area contributed by atoms with E-state index in [-0.39, 0.29) is 16.6 Å². The molecule has 0 aliphatic heterocycles. The molecular formula is C11H14ClN3O2. The van der Waals surface area contributed by atoms with E-state index in [4.69, 9.17) is 22.8 Å². The fourth-order valence-corrected chi connectivity index (χ4v) is 1.38. The molecule has 0 saturated carbocycles. The minimum Gasteiger partial charge on any atom is -0.383 e. The molecule has 1 aromatic rings. The van der Waals surface area contributed by atoms with Crippen molar-refractivity contribution in [2.75, 3.05) is 19.0 Å². The molecule has 0 saturated heterocycles. The Labute approximate surface area is 105 Å². The molecule has 0 aromatic carbocycles.